The molecule has 0 fully saturated rings. The summed E-state index contributed by atoms with van der Waals surface area (Å²) in [5.41, 5.74) is 1.06. The predicted octanol–water partition coefficient (Wildman–Crippen LogP) is 2.04. The number of hydrogen-bond donors (Lipinski definition) is 1. The smallest absolute Gasteiger partial charge is 0.338 e. The average molecular weight is 212 g/mol. The maximum atomic E-state index is 11.3. The molecule has 1 rings (SSSR count). The van der Waals surface area contributed by atoms with Crippen LogP contribution in [0.4, 0.5) is 0 Å². The number of esters is 1. The first-order chi connectivity index (χ1) is 6.70. The number of rotatable bonds is 3. The molecule has 0 aliphatic rings. The Kier molecular flexibility index (Phi) is 3.83. The third-order valence-corrected chi connectivity index (χ3v) is 2.42. The van der Waals surface area contributed by atoms with Gasteiger partial charge in [-0.3, -0.25) is 0 Å². The van der Waals surface area contributed by atoms with Crippen LogP contribution in [0.1, 0.15) is 15.9 Å². The van der Waals surface area contributed by atoms with Gasteiger partial charge in [0.05, 0.1) is 12.7 Å². The standard InChI is InChI=1S/C10H12O3S/c1-13-10(12)7-4-3-5-9(11)8(7)6-14-2/h3-5,11H,6H2,1-2H3. The average Bonchev–Trinajstić information content (AvgIpc) is 2.20. The molecule has 0 bridgehead atoms. The summed E-state index contributed by atoms with van der Waals surface area (Å²) in [5.74, 6) is 0.323. The van der Waals surface area contributed by atoms with Gasteiger partial charge in [0.15, 0.2) is 0 Å². The minimum atomic E-state index is -0.412. The van der Waals surface area contributed by atoms with E-state index in [0.717, 1.165) is 0 Å². The molecule has 0 aromatic heterocycles. The van der Waals surface area contributed by atoms with E-state index in [-0.39, 0.29) is 5.75 Å². The fourth-order valence-electron chi connectivity index (χ4n) is 1.17. The Bertz CT molecular complexity index is 336. The second kappa shape index (κ2) is 4.91. The van der Waals surface area contributed by atoms with E-state index in [4.69, 9.17) is 0 Å². The Hall–Kier alpha value is -1.16. The number of ether oxygens (including phenoxy) is 1. The summed E-state index contributed by atoms with van der Waals surface area (Å²) in [6.45, 7) is 0. The molecule has 0 saturated heterocycles. The SMILES string of the molecule is COC(=O)c1cccc(O)c1CSC. The minimum Gasteiger partial charge on any atom is -0.508 e. The van der Waals surface area contributed by atoms with Crippen LogP contribution in [0.3, 0.4) is 0 Å². The zero-order chi connectivity index (χ0) is 10.6. The van der Waals surface area contributed by atoms with Crippen LogP contribution in [0, 0.1) is 0 Å². The van der Waals surface area contributed by atoms with Gasteiger partial charge in [0.2, 0.25) is 0 Å². The molecule has 0 amide bonds. The van der Waals surface area contributed by atoms with E-state index in [9.17, 15) is 9.90 Å². The fraction of sp³-hybridized carbons (Fsp3) is 0.300. The van der Waals surface area contributed by atoms with Gasteiger partial charge in [0.25, 0.3) is 0 Å². The van der Waals surface area contributed by atoms with Crippen molar-refractivity contribution in [2.24, 2.45) is 0 Å². The lowest BCUT2D eigenvalue weighted by Crippen LogP contribution is -2.05. The van der Waals surface area contributed by atoms with Crippen molar-refractivity contribution in [3.05, 3.63) is 29.3 Å². The Labute approximate surface area is 87.1 Å². The lowest BCUT2D eigenvalue weighted by molar-refractivity contribution is 0.0599. The molecule has 0 saturated carbocycles. The first-order valence-electron chi connectivity index (χ1n) is 4.08. The zero-order valence-electron chi connectivity index (χ0n) is 8.11. The van der Waals surface area contributed by atoms with E-state index in [0.29, 0.717) is 16.9 Å². The molecule has 0 aliphatic heterocycles. The summed E-state index contributed by atoms with van der Waals surface area (Å²) < 4.78 is 4.62. The van der Waals surface area contributed by atoms with Crippen molar-refractivity contribution in [3.63, 3.8) is 0 Å². The van der Waals surface area contributed by atoms with Gasteiger partial charge in [-0.05, 0) is 18.4 Å². The highest BCUT2D eigenvalue weighted by Gasteiger charge is 2.13. The summed E-state index contributed by atoms with van der Waals surface area (Å²) in [7, 11) is 1.33. The van der Waals surface area contributed by atoms with Crippen molar-refractivity contribution in [2.75, 3.05) is 13.4 Å². The van der Waals surface area contributed by atoms with Crippen molar-refractivity contribution in [1.82, 2.24) is 0 Å². The van der Waals surface area contributed by atoms with Crippen LogP contribution in [0.15, 0.2) is 18.2 Å². The molecule has 3 nitrogen and oxygen atoms in total. The van der Waals surface area contributed by atoms with Gasteiger partial charge >= 0.3 is 5.97 Å². The van der Waals surface area contributed by atoms with E-state index in [1.807, 2.05) is 6.26 Å². The fourth-order valence-corrected chi connectivity index (χ4v) is 1.76. The van der Waals surface area contributed by atoms with Crippen LogP contribution in [-0.2, 0) is 10.5 Å². The zero-order valence-corrected chi connectivity index (χ0v) is 8.93. The van der Waals surface area contributed by atoms with Crippen LogP contribution in [0.2, 0.25) is 0 Å². The van der Waals surface area contributed by atoms with E-state index in [1.165, 1.54) is 7.11 Å². The maximum absolute atomic E-state index is 11.3. The summed E-state index contributed by atoms with van der Waals surface area (Å²) in [5, 5.41) is 9.55. The number of aromatic hydroxyl groups is 1. The third kappa shape index (κ3) is 2.20. The Morgan fingerprint density at radius 1 is 1.57 bits per heavy atom. The van der Waals surface area contributed by atoms with Gasteiger partial charge in [0.1, 0.15) is 5.75 Å². The number of carbonyl (C=O) groups excluding carboxylic acids is 1. The molecule has 0 atom stereocenters. The van der Waals surface area contributed by atoms with E-state index >= 15 is 0 Å². The molecule has 0 spiro atoms. The molecule has 0 unspecified atom stereocenters. The summed E-state index contributed by atoms with van der Waals surface area (Å²) >= 11 is 1.54. The van der Waals surface area contributed by atoms with Crippen LogP contribution in [0.25, 0.3) is 0 Å². The van der Waals surface area contributed by atoms with Gasteiger partial charge in [-0.15, -0.1) is 0 Å². The quantitative estimate of drug-likeness (QED) is 0.779. The van der Waals surface area contributed by atoms with Crippen molar-refractivity contribution in [2.45, 2.75) is 5.75 Å². The second-order valence-electron chi connectivity index (χ2n) is 2.73. The summed E-state index contributed by atoms with van der Waals surface area (Å²) in [6.07, 6.45) is 1.91. The number of methoxy groups -OCH3 is 1. The number of hydrogen-bond acceptors (Lipinski definition) is 4. The monoisotopic (exact) mass is 212 g/mol. The van der Waals surface area contributed by atoms with Crippen LogP contribution in [-0.4, -0.2) is 24.4 Å². The molecule has 14 heavy (non-hydrogen) atoms. The van der Waals surface area contributed by atoms with Crippen LogP contribution < -0.4 is 0 Å². The summed E-state index contributed by atoms with van der Waals surface area (Å²) in [6, 6.07) is 4.85. The molecular weight excluding hydrogens is 200 g/mol. The highest BCUT2D eigenvalue weighted by molar-refractivity contribution is 7.97. The van der Waals surface area contributed by atoms with Crippen molar-refractivity contribution >= 4 is 17.7 Å². The molecule has 4 heteroatoms. The lowest BCUT2D eigenvalue weighted by Gasteiger charge is -2.08. The first kappa shape index (κ1) is 10.9. The molecule has 76 valence electrons. The van der Waals surface area contributed by atoms with E-state index < -0.39 is 5.97 Å². The first-order valence-corrected chi connectivity index (χ1v) is 5.48. The third-order valence-electron chi connectivity index (χ3n) is 1.85. The van der Waals surface area contributed by atoms with Crippen molar-refractivity contribution < 1.29 is 14.6 Å². The topological polar surface area (TPSA) is 46.5 Å². The predicted molar refractivity (Wildman–Crippen MR) is 56.7 cm³/mol. The van der Waals surface area contributed by atoms with E-state index in [1.54, 1.807) is 30.0 Å². The van der Waals surface area contributed by atoms with Crippen molar-refractivity contribution in [1.29, 1.82) is 0 Å². The minimum absolute atomic E-state index is 0.141. The molecule has 0 aliphatic carbocycles. The molecule has 1 N–H and O–H groups in total. The number of phenolic OH excluding ortho intramolecular Hbond substituents is 1. The largest absolute Gasteiger partial charge is 0.508 e. The number of benzene rings is 1. The molecule has 1 aromatic rings. The van der Waals surface area contributed by atoms with Gasteiger partial charge in [-0.25, -0.2) is 4.79 Å². The van der Waals surface area contributed by atoms with Gasteiger partial charge in [-0.2, -0.15) is 11.8 Å². The highest BCUT2D eigenvalue weighted by atomic mass is 32.2. The molecule has 1 aromatic carbocycles. The highest BCUT2D eigenvalue weighted by Crippen LogP contribution is 2.25. The second-order valence-corrected chi connectivity index (χ2v) is 3.59. The molecular formula is C10H12O3S. The Morgan fingerprint density at radius 3 is 2.86 bits per heavy atom. The Balaban J connectivity index is 3.13. The lowest BCUT2D eigenvalue weighted by atomic mass is 10.1. The Morgan fingerprint density at radius 2 is 2.29 bits per heavy atom. The molecule has 0 radical (unpaired) electrons. The number of thioether (sulfide) groups is 1. The van der Waals surface area contributed by atoms with Gasteiger partial charge in [-0.1, -0.05) is 6.07 Å². The summed E-state index contributed by atoms with van der Waals surface area (Å²) in [4.78, 5) is 11.3. The van der Waals surface area contributed by atoms with E-state index in [2.05, 4.69) is 4.74 Å². The van der Waals surface area contributed by atoms with Gasteiger partial charge in [0, 0.05) is 11.3 Å². The van der Waals surface area contributed by atoms with Crippen LogP contribution in [0.5, 0.6) is 5.75 Å². The maximum Gasteiger partial charge on any atom is 0.338 e. The number of phenols is 1. The van der Waals surface area contributed by atoms with Gasteiger partial charge < -0.3 is 9.84 Å². The van der Waals surface area contributed by atoms with Crippen LogP contribution >= 0.6 is 11.8 Å². The number of carbonyl (C=O) groups is 1. The van der Waals surface area contributed by atoms with Crippen molar-refractivity contribution in [3.8, 4) is 5.75 Å². The molecule has 0 heterocycles. The normalized spacial score (nSPS) is 9.86.